The molecule has 1 aromatic heterocycles. The van der Waals surface area contributed by atoms with Crippen molar-refractivity contribution in [3.63, 3.8) is 0 Å². The lowest BCUT2D eigenvalue weighted by molar-refractivity contribution is 0.0676. The number of nitrogens with one attached hydrogen (secondary N) is 1. The van der Waals surface area contributed by atoms with E-state index in [1.807, 2.05) is 24.3 Å². The highest BCUT2D eigenvalue weighted by Crippen LogP contribution is 2.30. The summed E-state index contributed by atoms with van der Waals surface area (Å²) in [4.78, 5) is 26.1. The van der Waals surface area contributed by atoms with Crippen LogP contribution in [0.2, 0.25) is 0 Å². The van der Waals surface area contributed by atoms with Gasteiger partial charge in [0.15, 0.2) is 11.5 Å². The van der Waals surface area contributed by atoms with Crippen molar-refractivity contribution in [1.29, 1.82) is 0 Å². The molecule has 1 fully saturated rings. The Morgan fingerprint density at radius 3 is 2.96 bits per heavy atom. The van der Waals surface area contributed by atoms with Crippen LogP contribution in [0.5, 0.6) is 5.75 Å². The maximum atomic E-state index is 12.8. The van der Waals surface area contributed by atoms with Crippen molar-refractivity contribution in [2.24, 2.45) is 0 Å². The van der Waals surface area contributed by atoms with E-state index in [1.165, 1.54) is 0 Å². The molecule has 0 bridgehead atoms. The normalized spacial score (nSPS) is 16.7. The number of amides is 2. The fraction of sp³-hybridized carbons (Fsp3) is 0.421. The van der Waals surface area contributed by atoms with E-state index in [-0.39, 0.29) is 17.6 Å². The number of hydrogen-bond acceptors (Lipinski definition) is 6. The lowest BCUT2D eigenvalue weighted by Gasteiger charge is -2.32. The second-order valence-corrected chi connectivity index (χ2v) is 6.23. The van der Waals surface area contributed by atoms with Gasteiger partial charge in [-0.2, -0.15) is 0 Å². The first kappa shape index (κ1) is 18.8. The molecule has 3 rings (SSSR count). The summed E-state index contributed by atoms with van der Waals surface area (Å²) >= 11 is 0. The summed E-state index contributed by atoms with van der Waals surface area (Å²) in [5.41, 5.74) is 0.958. The van der Waals surface area contributed by atoms with E-state index in [1.54, 1.807) is 25.0 Å². The van der Waals surface area contributed by atoms with Gasteiger partial charge >= 0.3 is 6.09 Å². The van der Waals surface area contributed by atoms with Gasteiger partial charge in [0.25, 0.3) is 5.91 Å². The highest BCUT2D eigenvalue weighted by atomic mass is 16.5. The Hall–Kier alpha value is -3.03. The average Bonchev–Trinajstić information content (AvgIpc) is 3.17. The minimum absolute atomic E-state index is 0.137. The summed E-state index contributed by atoms with van der Waals surface area (Å²) in [6, 6.07) is 8.85. The van der Waals surface area contributed by atoms with Crippen molar-refractivity contribution >= 4 is 12.0 Å². The minimum Gasteiger partial charge on any atom is -0.496 e. The van der Waals surface area contributed by atoms with Gasteiger partial charge in [-0.1, -0.05) is 17.3 Å². The number of para-hydroxylation sites is 1. The van der Waals surface area contributed by atoms with Crippen molar-refractivity contribution in [2.75, 3.05) is 26.8 Å². The number of nitrogens with zero attached hydrogens (tertiary/aromatic N) is 2. The van der Waals surface area contributed by atoms with Crippen LogP contribution in [0.4, 0.5) is 4.79 Å². The summed E-state index contributed by atoms with van der Waals surface area (Å²) < 4.78 is 15.6. The molecule has 2 aromatic rings. The number of carbonyl (C=O) groups is 2. The molecule has 1 aliphatic rings. The van der Waals surface area contributed by atoms with Crippen molar-refractivity contribution < 1.29 is 23.6 Å². The fourth-order valence-corrected chi connectivity index (χ4v) is 3.13. The van der Waals surface area contributed by atoms with Gasteiger partial charge in [0.2, 0.25) is 0 Å². The molecule has 1 aliphatic heterocycles. The summed E-state index contributed by atoms with van der Waals surface area (Å²) in [6.45, 7) is 3.08. The van der Waals surface area contributed by atoms with E-state index < -0.39 is 6.09 Å². The van der Waals surface area contributed by atoms with Gasteiger partial charge in [-0.05, 0) is 31.9 Å². The Kier molecular flexibility index (Phi) is 5.95. The lowest BCUT2D eigenvalue weighted by atomic mass is 10.1. The highest BCUT2D eigenvalue weighted by molar-refractivity contribution is 5.93. The topological polar surface area (TPSA) is 93.9 Å². The number of hydrogen-bond donors (Lipinski definition) is 1. The molecule has 1 atom stereocenters. The molecular formula is C19H23N3O5. The van der Waals surface area contributed by atoms with Gasteiger partial charge < -0.3 is 24.2 Å². The van der Waals surface area contributed by atoms with Gasteiger partial charge in [0.05, 0.1) is 19.3 Å². The zero-order valence-corrected chi connectivity index (χ0v) is 15.4. The fourth-order valence-electron chi connectivity index (χ4n) is 3.13. The standard InChI is InChI=1S/C19H23N3O5/c1-3-26-19(24)20-13-7-6-10-22(12-13)18(23)15-11-17(27-21-15)14-8-4-5-9-16(14)25-2/h4-5,8-9,11,13H,3,6-7,10,12H2,1-2H3,(H,20,24). The number of rotatable bonds is 5. The van der Waals surface area contributed by atoms with Gasteiger partial charge in [-0.25, -0.2) is 4.79 Å². The molecule has 8 nitrogen and oxygen atoms in total. The van der Waals surface area contributed by atoms with Crippen LogP contribution in [0.15, 0.2) is 34.9 Å². The number of ether oxygens (including phenoxy) is 2. The molecule has 1 N–H and O–H groups in total. The number of aromatic nitrogens is 1. The molecule has 0 radical (unpaired) electrons. The third-order valence-corrected chi connectivity index (χ3v) is 4.41. The second kappa shape index (κ2) is 8.57. The zero-order valence-electron chi connectivity index (χ0n) is 15.4. The Morgan fingerprint density at radius 1 is 1.37 bits per heavy atom. The molecule has 1 unspecified atom stereocenters. The van der Waals surface area contributed by atoms with Crippen LogP contribution in [0.1, 0.15) is 30.3 Å². The average molecular weight is 373 g/mol. The van der Waals surface area contributed by atoms with Crippen LogP contribution in [0, 0.1) is 0 Å². The first-order valence-electron chi connectivity index (χ1n) is 8.95. The SMILES string of the molecule is CCOC(=O)NC1CCCN(C(=O)c2cc(-c3ccccc3OC)on2)C1. The second-order valence-electron chi connectivity index (χ2n) is 6.23. The number of piperidine rings is 1. The summed E-state index contributed by atoms with van der Waals surface area (Å²) in [7, 11) is 1.58. The Labute approximate surface area is 157 Å². The largest absolute Gasteiger partial charge is 0.496 e. The van der Waals surface area contributed by atoms with Crippen LogP contribution in [-0.2, 0) is 4.74 Å². The summed E-state index contributed by atoms with van der Waals surface area (Å²) in [5, 5.41) is 6.71. The molecule has 2 amide bonds. The van der Waals surface area contributed by atoms with Crippen LogP contribution < -0.4 is 10.1 Å². The molecule has 8 heteroatoms. The zero-order chi connectivity index (χ0) is 19.2. The highest BCUT2D eigenvalue weighted by Gasteiger charge is 2.28. The molecule has 2 heterocycles. The Morgan fingerprint density at radius 2 is 2.19 bits per heavy atom. The Bertz CT molecular complexity index is 804. The molecule has 1 saturated heterocycles. The third-order valence-electron chi connectivity index (χ3n) is 4.41. The molecule has 0 spiro atoms. The van der Waals surface area contributed by atoms with Crippen molar-refractivity contribution in [2.45, 2.75) is 25.8 Å². The van der Waals surface area contributed by atoms with Crippen molar-refractivity contribution in [3.05, 3.63) is 36.0 Å². The maximum absolute atomic E-state index is 12.8. The lowest BCUT2D eigenvalue weighted by Crippen LogP contribution is -2.49. The summed E-state index contributed by atoms with van der Waals surface area (Å²) in [6.07, 6.45) is 1.13. The number of methoxy groups -OCH3 is 1. The predicted octanol–water partition coefficient (Wildman–Crippen LogP) is 2.70. The van der Waals surface area contributed by atoms with Crippen LogP contribution in [-0.4, -0.2) is 54.9 Å². The quantitative estimate of drug-likeness (QED) is 0.866. The monoisotopic (exact) mass is 373 g/mol. The molecular weight excluding hydrogens is 350 g/mol. The van der Waals surface area contributed by atoms with Crippen LogP contribution in [0.25, 0.3) is 11.3 Å². The smallest absolute Gasteiger partial charge is 0.407 e. The van der Waals surface area contributed by atoms with Gasteiger partial charge in [0, 0.05) is 25.2 Å². The number of likely N-dealkylation sites (tertiary alicyclic amines) is 1. The van der Waals surface area contributed by atoms with Crippen molar-refractivity contribution in [1.82, 2.24) is 15.4 Å². The Balaban J connectivity index is 1.69. The number of alkyl carbamates (subject to hydrolysis) is 1. The van der Waals surface area contributed by atoms with Gasteiger partial charge in [0.1, 0.15) is 5.75 Å². The van der Waals surface area contributed by atoms with Gasteiger partial charge in [-0.3, -0.25) is 4.79 Å². The molecule has 144 valence electrons. The van der Waals surface area contributed by atoms with E-state index in [4.69, 9.17) is 14.0 Å². The molecule has 0 saturated carbocycles. The molecule has 0 aliphatic carbocycles. The summed E-state index contributed by atoms with van der Waals surface area (Å²) in [5.74, 6) is 0.883. The first-order chi connectivity index (χ1) is 13.1. The molecule has 1 aromatic carbocycles. The predicted molar refractivity (Wildman–Crippen MR) is 97.6 cm³/mol. The van der Waals surface area contributed by atoms with E-state index in [9.17, 15) is 9.59 Å². The van der Waals surface area contributed by atoms with E-state index >= 15 is 0 Å². The number of carbonyl (C=O) groups excluding carboxylic acids is 2. The number of benzene rings is 1. The third kappa shape index (κ3) is 4.39. The van der Waals surface area contributed by atoms with E-state index in [0.29, 0.717) is 31.2 Å². The minimum atomic E-state index is -0.461. The van der Waals surface area contributed by atoms with E-state index in [2.05, 4.69) is 10.5 Å². The maximum Gasteiger partial charge on any atom is 0.407 e. The van der Waals surface area contributed by atoms with Crippen molar-refractivity contribution in [3.8, 4) is 17.1 Å². The van der Waals surface area contributed by atoms with E-state index in [0.717, 1.165) is 18.4 Å². The first-order valence-corrected chi connectivity index (χ1v) is 8.95. The molecule has 27 heavy (non-hydrogen) atoms. The van der Waals surface area contributed by atoms with Crippen LogP contribution >= 0.6 is 0 Å². The van der Waals surface area contributed by atoms with Crippen LogP contribution in [0.3, 0.4) is 0 Å². The van der Waals surface area contributed by atoms with Gasteiger partial charge in [-0.15, -0.1) is 0 Å².